The van der Waals surface area contributed by atoms with Crippen LogP contribution in [0, 0.1) is 0 Å². The van der Waals surface area contributed by atoms with Crippen molar-refractivity contribution in [2.45, 2.75) is 70.4 Å². The summed E-state index contributed by atoms with van der Waals surface area (Å²) in [5.74, 6) is -2.92. The maximum atomic E-state index is 12.3. The van der Waals surface area contributed by atoms with Crippen LogP contribution in [0.25, 0.3) is 0 Å². The van der Waals surface area contributed by atoms with Gasteiger partial charge in [0, 0.05) is 14.2 Å². The molecular formula is C16H27NO8. The molecule has 0 unspecified atom stereocenters. The van der Waals surface area contributed by atoms with E-state index in [1.807, 2.05) is 0 Å². The van der Waals surface area contributed by atoms with Crippen molar-refractivity contribution < 1.29 is 38.1 Å². The topological polar surface area (TPSA) is 92.8 Å². The molecule has 0 bridgehead atoms. The van der Waals surface area contributed by atoms with Gasteiger partial charge in [0.1, 0.15) is 17.7 Å². The van der Waals surface area contributed by atoms with Crippen LogP contribution >= 0.6 is 0 Å². The Labute approximate surface area is 147 Å². The van der Waals surface area contributed by atoms with E-state index in [0.29, 0.717) is 0 Å². The van der Waals surface area contributed by atoms with E-state index < -0.39 is 41.4 Å². The summed E-state index contributed by atoms with van der Waals surface area (Å²) in [6.07, 6.45) is -1.45. The van der Waals surface area contributed by atoms with Gasteiger partial charge in [-0.3, -0.25) is 0 Å². The Balaban J connectivity index is 2.19. The van der Waals surface area contributed by atoms with Gasteiger partial charge in [-0.2, -0.15) is 0 Å². The van der Waals surface area contributed by atoms with Gasteiger partial charge in [-0.25, -0.2) is 9.59 Å². The second-order valence-electron chi connectivity index (χ2n) is 7.31. The van der Waals surface area contributed by atoms with E-state index in [0.717, 1.165) is 5.06 Å². The first-order chi connectivity index (χ1) is 11.4. The van der Waals surface area contributed by atoms with Crippen molar-refractivity contribution in [3.8, 4) is 0 Å². The molecule has 2 saturated heterocycles. The summed E-state index contributed by atoms with van der Waals surface area (Å²) >= 11 is 0. The predicted molar refractivity (Wildman–Crippen MR) is 84.2 cm³/mol. The van der Waals surface area contributed by atoms with Gasteiger partial charge in [-0.1, -0.05) is 0 Å². The molecule has 2 heterocycles. The monoisotopic (exact) mass is 361 g/mol. The molecule has 0 N–H and O–H groups in total. The van der Waals surface area contributed by atoms with Crippen molar-refractivity contribution in [1.29, 1.82) is 0 Å². The van der Waals surface area contributed by atoms with Crippen molar-refractivity contribution in [3.63, 3.8) is 0 Å². The maximum absolute atomic E-state index is 12.3. The Bertz CT molecular complexity index is 533. The van der Waals surface area contributed by atoms with Crippen molar-refractivity contribution in [1.82, 2.24) is 5.06 Å². The Kier molecular flexibility index (Phi) is 5.34. The number of ether oxygens (including phenoxy) is 5. The second kappa shape index (κ2) is 6.71. The second-order valence-corrected chi connectivity index (χ2v) is 7.31. The average Bonchev–Trinajstić information content (AvgIpc) is 2.90. The highest BCUT2D eigenvalue weighted by atomic mass is 16.8. The molecule has 1 amide bonds. The quantitative estimate of drug-likeness (QED) is 0.748. The van der Waals surface area contributed by atoms with Gasteiger partial charge >= 0.3 is 12.1 Å². The summed E-state index contributed by atoms with van der Waals surface area (Å²) in [7, 11) is 2.95. The molecule has 2 rings (SSSR count). The number of hydrogen-bond donors (Lipinski definition) is 0. The summed E-state index contributed by atoms with van der Waals surface area (Å²) in [5.41, 5.74) is -0.726. The summed E-state index contributed by atoms with van der Waals surface area (Å²) in [4.78, 5) is 29.1. The van der Waals surface area contributed by atoms with Gasteiger partial charge in [0.15, 0.2) is 0 Å². The number of hydroxylamine groups is 2. The molecule has 144 valence electrons. The molecule has 2 aliphatic heterocycles. The summed E-state index contributed by atoms with van der Waals surface area (Å²) < 4.78 is 27.9. The zero-order valence-electron chi connectivity index (χ0n) is 15.8. The Morgan fingerprint density at radius 3 is 2.32 bits per heavy atom. The number of carbonyl (C=O) groups is 2. The van der Waals surface area contributed by atoms with Crippen LogP contribution in [-0.2, 0) is 33.3 Å². The highest BCUT2D eigenvalue weighted by Gasteiger charge is 2.57. The Morgan fingerprint density at radius 2 is 1.80 bits per heavy atom. The highest BCUT2D eigenvalue weighted by Crippen LogP contribution is 2.39. The molecule has 0 radical (unpaired) electrons. The largest absolute Gasteiger partial charge is 0.444 e. The Hall–Kier alpha value is -1.42. The van der Waals surface area contributed by atoms with Gasteiger partial charge in [-0.15, -0.1) is 5.06 Å². The van der Waals surface area contributed by atoms with Crippen LogP contribution in [0.15, 0.2) is 0 Å². The molecule has 4 atom stereocenters. The molecule has 0 aromatic carbocycles. The summed E-state index contributed by atoms with van der Waals surface area (Å²) in [6, 6.07) is -0.696. The van der Waals surface area contributed by atoms with Gasteiger partial charge in [0.25, 0.3) is 0 Å². The average molecular weight is 361 g/mol. The normalized spacial score (nSPS) is 36.3. The van der Waals surface area contributed by atoms with E-state index in [9.17, 15) is 9.59 Å². The predicted octanol–water partition coefficient (Wildman–Crippen LogP) is 1.59. The van der Waals surface area contributed by atoms with Gasteiger partial charge < -0.3 is 28.5 Å². The van der Waals surface area contributed by atoms with Crippen LogP contribution in [0.2, 0.25) is 0 Å². The molecule has 0 aliphatic carbocycles. The minimum absolute atomic E-state index is 0.0310. The fourth-order valence-corrected chi connectivity index (χ4v) is 2.70. The number of rotatable bonds is 3. The fourth-order valence-electron chi connectivity index (χ4n) is 2.70. The van der Waals surface area contributed by atoms with Crippen LogP contribution in [0.4, 0.5) is 4.79 Å². The standard InChI is InChI=1S/C16H27NO8/c1-14(2,3)24-13(19)17-10(8-12(18)25-17)11-9-22-15(4,20-6)16(5,21-7)23-11/h10-11H,8-9H2,1-7H3/t10-,11-,15-,16-/m1/s1. The fraction of sp³-hybridized carbons (Fsp3) is 0.875. The lowest BCUT2D eigenvalue weighted by atomic mass is 10.0. The molecule has 0 saturated carbocycles. The zero-order valence-corrected chi connectivity index (χ0v) is 15.8. The van der Waals surface area contributed by atoms with Crippen molar-refractivity contribution in [2.75, 3.05) is 20.8 Å². The third-order valence-corrected chi connectivity index (χ3v) is 4.38. The molecular weight excluding hydrogens is 334 g/mol. The Morgan fingerprint density at radius 1 is 1.20 bits per heavy atom. The van der Waals surface area contributed by atoms with Crippen LogP contribution in [0.1, 0.15) is 41.0 Å². The zero-order chi connectivity index (χ0) is 19.0. The van der Waals surface area contributed by atoms with Gasteiger partial charge in [0.05, 0.1) is 13.0 Å². The van der Waals surface area contributed by atoms with E-state index in [-0.39, 0.29) is 13.0 Å². The summed E-state index contributed by atoms with van der Waals surface area (Å²) in [5, 5.41) is 0.910. The molecule has 0 spiro atoms. The first-order valence-electron chi connectivity index (χ1n) is 8.10. The molecule has 9 heteroatoms. The van der Waals surface area contributed by atoms with E-state index in [1.54, 1.807) is 34.6 Å². The van der Waals surface area contributed by atoms with E-state index in [2.05, 4.69) is 0 Å². The maximum Gasteiger partial charge on any atom is 0.444 e. The van der Waals surface area contributed by atoms with Gasteiger partial charge in [-0.05, 0) is 34.6 Å². The third kappa shape index (κ3) is 3.89. The van der Waals surface area contributed by atoms with E-state index in [1.165, 1.54) is 14.2 Å². The molecule has 2 aliphatic rings. The first-order valence-corrected chi connectivity index (χ1v) is 8.10. The molecule has 9 nitrogen and oxygen atoms in total. The van der Waals surface area contributed by atoms with Crippen LogP contribution < -0.4 is 0 Å². The number of hydrogen-bond acceptors (Lipinski definition) is 8. The van der Waals surface area contributed by atoms with Crippen LogP contribution in [-0.4, -0.2) is 67.3 Å². The van der Waals surface area contributed by atoms with Crippen LogP contribution in [0.5, 0.6) is 0 Å². The molecule has 2 fully saturated rings. The lowest BCUT2D eigenvalue weighted by molar-refractivity contribution is -0.435. The van der Waals surface area contributed by atoms with E-state index in [4.69, 9.17) is 28.5 Å². The minimum atomic E-state index is -1.24. The first kappa shape index (κ1) is 19.9. The highest BCUT2D eigenvalue weighted by molar-refractivity contribution is 5.78. The molecule has 25 heavy (non-hydrogen) atoms. The smallest absolute Gasteiger partial charge is 0.442 e. The molecule has 0 aromatic rings. The van der Waals surface area contributed by atoms with Gasteiger partial charge in [0.2, 0.25) is 11.6 Å². The molecule has 0 aromatic heterocycles. The minimum Gasteiger partial charge on any atom is -0.442 e. The van der Waals surface area contributed by atoms with Crippen molar-refractivity contribution in [2.24, 2.45) is 0 Å². The summed E-state index contributed by atoms with van der Waals surface area (Å²) in [6.45, 7) is 8.62. The van der Waals surface area contributed by atoms with Crippen LogP contribution in [0.3, 0.4) is 0 Å². The lowest BCUT2D eigenvalue weighted by Crippen LogP contribution is -2.65. The lowest BCUT2D eigenvalue weighted by Gasteiger charge is -2.50. The van der Waals surface area contributed by atoms with Crippen molar-refractivity contribution in [3.05, 3.63) is 0 Å². The number of nitrogens with zero attached hydrogens (tertiary/aromatic N) is 1. The third-order valence-electron chi connectivity index (χ3n) is 4.38. The number of amides is 1. The number of carbonyl (C=O) groups excluding carboxylic acids is 2. The van der Waals surface area contributed by atoms with Crippen molar-refractivity contribution >= 4 is 12.1 Å². The SMILES string of the molecule is CO[C@]1(C)OC[C@H]([C@H]2CC(=O)ON2C(=O)OC(C)(C)C)O[C@@]1(C)OC. The van der Waals surface area contributed by atoms with E-state index >= 15 is 0 Å². The number of methoxy groups -OCH3 is 2.